The maximum atomic E-state index is 12.8. The molecular weight excluding hydrogens is 476 g/mol. The Morgan fingerprint density at radius 3 is 2.30 bits per heavy atom. The van der Waals surface area contributed by atoms with Gasteiger partial charge in [0.25, 0.3) is 16.0 Å². The molecule has 14 heteroatoms. The Kier molecular flexibility index (Phi) is 6.92. The molecule has 2 aromatic carbocycles. The summed E-state index contributed by atoms with van der Waals surface area (Å²) in [6.07, 6.45) is 0. The first-order valence-corrected chi connectivity index (χ1v) is 12.5. The monoisotopic (exact) mass is 496 g/mol. The first kappa shape index (κ1) is 24.4. The van der Waals surface area contributed by atoms with Crippen LogP contribution in [0.5, 0.6) is 5.75 Å². The fraction of sp³-hybridized carbons (Fsp3) is 0.263. The lowest BCUT2D eigenvalue weighted by atomic mass is 10.2. The minimum absolute atomic E-state index is 0.0630. The zero-order valence-electron chi connectivity index (χ0n) is 17.5. The minimum Gasteiger partial charge on any atom is -0.494 e. The Morgan fingerprint density at radius 2 is 1.73 bits per heavy atom. The van der Waals surface area contributed by atoms with E-state index >= 15 is 0 Å². The Labute approximate surface area is 189 Å². The summed E-state index contributed by atoms with van der Waals surface area (Å²) in [4.78, 5) is 12.4. The second-order valence-electron chi connectivity index (χ2n) is 6.85. The van der Waals surface area contributed by atoms with Gasteiger partial charge in [-0.3, -0.25) is 9.35 Å². The lowest BCUT2D eigenvalue weighted by Gasteiger charge is -2.12. The van der Waals surface area contributed by atoms with E-state index in [9.17, 15) is 21.6 Å². The van der Waals surface area contributed by atoms with Crippen LogP contribution in [0.15, 0.2) is 67.6 Å². The number of rotatable bonds is 8. The van der Waals surface area contributed by atoms with E-state index in [1.807, 2.05) is 0 Å². The van der Waals surface area contributed by atoms with Crippen LogP contribution in [0.25, 0.3) is 0 Å². The van der Waals surface area contributed by atoms with Crippen molar-refractivity contribution in [2.24, 2.45) is 15.3 Å². The molecule has 0 radical (unpaired) electrons. The number of ether oxygens (including phenoxy) is 1. The molecule has 0 saturated heterocycles. The smallest absolute Gasteiger partial charge is 0.294 e. The van der Waals surface area contributed by atoms with Gasteiger partial charge in [-0.05, 0) is 49.4 Å². The molecule has 1 atom stereocenters. The van der Waals surface area contributed by atoms with E-state index in [2.05, 4.69) is 15.3 Å². The Bertz CT molecular complexity index is 1340. The number of carbonyl (C=O) groups is 1. The molecular formula is C19H20N4O8S2. The number of amides is 1. The molecule has 2 aromatic rings. The molecule has 33 heavy (non-hydrogen) atoms. The standard InChI is InChI=1S/C19H20N4O8S2/c1-12-18(19(25)23(22-12)13-3-5-14(6-4-13)33(28,29)30)21-20-16-11-15(7-8-17(16)31-2)32(26,27)10-9-24/h3-8,11,18,24H,9-10H2,1-2H3,(H,28,29,30). The lowest BCUT2D eigenvalue weighted by Crippen LogP contribution is -2.29. The first-order valence-electron chi connectivity index (χ1n) is 9.37. The number of anilines is 1. The molecule has 0 aromatic heterocycles. The van der Waals surface area contributed by atoms with Crippen molar-refractivity contribution in [3.63, 3.8) is 0 Å². The largest absolute Gasteiger partial charge is 0.494 e. The van der Waals surface area contributed by atoms with Crippen LogP contribution in [0.4, 0.5) is 11.4 Å². The summed E-state index contributed by atoms with van der Waals surface area (Å²) < 4.78 is 61.1. The van der Waals surface area contributed by atoms with Gasteiger partial charge >= 0.3 is 0 Å². The summed E-state index contributed by atoms with van der Waals surface area (Å²) in [5, 5.41) is 22.1. The number of azo groups is 1. The van der Waals surface area contributed by atoms with Gasteiger partial charge in [0.05, 0.1) is 40.7 Å². The lowest BCUT2D eigenvalue weighted by molar-refractivity contribution is -0.117. The molecule has 176 valence electrons. The molecule has 12 nitrogen and oxygen atoms in total. The summed E-state index contributed by atoms with van der Waals surface area (Å²) in [7, 11) is -6.76. The maximum absolute atomic E-state index is 12.8. The summed E-state index contributed by atoms with van der Waals surface area (Å²) in [5.74, 6) is -0.813. The molecule has 1 aliphatic heterocycles. The number of carbonyl (C=O) groups excluding carboxylic acids is 1. The van der Waals surface area contributed by atoms with E-state index < -0.39 is 44.3 Å². The van der Waals surface area contributed by atoms with Crippen molar-refractivity contribution in [2.45, 2.75) is 22.8 Å². The maximum Gasteiger partial charge on any atom is 0.294 e. The Balaban J connectivity index is 1.88. The van der Waals surface area contributed by atoms with Gasteiger partial charge in [-0.2, -0.15) is 28.8 Å². The Morgan fingerprint density at radius 1 is 1.09 bits per heavy atom. The predicted octanol–water partition coefficient (Wildman–Crippen LogP) is 1.58. The molecule has 2 N–H and O–H groups in total. The van der Waals surface area contributed by atoms with Gasteiger partial charge in [0.2, 0.25) is 0 Å². The quantitative estimate of drug-likeness (QED) is 0.409. The van der Waals surface area contributed by atoms with Crippen LogP contribution in [0.2, 0.25) is 0 Å². The number of aliphatic hydroxyl groups excluding tert-OH is 1. The van der Waals surface area contributed by atoms with Crippen LogP contribution in [0.1, 0.15) is 6.92 Å². The number of nitrogens with zero attached hydrogens (tertiary/aromatic N) is 4. The van der Waals surface area contributed by atoms with Crippen LogP contribution >= 0.6 is 0 Å². The molecule has 0 saturated carbocycles. The normalized spacial score (nSPS) is 17.0. The van der Waals surface area contributed by atoms with Crippen LogP contribution in [-0.4, -0.2) is 63.6 Å². The number of hydrazone groups is 1. The molecule has 3 rings (SSSR count). The van der Waals surface area contributed by atoms with E-state index in [-0.39, 0.29) is 26.9 Å². The molecule has 1 unspecified atom stereocenters. The van der Waals surface area contributed by atoms with E-state index in [1.165, 1.54) is 37.4 Å². The second-order valence-corrected chi connectivity index (χ2v) is 10.4. The van der Waals surface area contributed by atoms with Gasteiger partial charge in [0, 0.05) is 0 Å². The van der Waals surface area contributed by atoms with Crippen molar-refractivity contribution in [2.75, 3.05) is 24.5 Å². The highest BCUT2D eigenvalue weighted by molar-refractivity contribution is 7.91. The highest BCUT2D eigenvalue weighted by Gasteiger charge is 2.35. The number of methoxy groups -OCH3 is 1. The van der Waals surface area contributed by atoms with Gasteiger partial charge in [-0.1, -0.05) is 0 Å². The predicted molar refractivity (Wildman–Crippen MR) is 117 cm³/mol. The molecule has 0 bridgehead atoms. The number of hydrogen-bond donors (Lipinski definition) is 2. The van der Waals surface area contributed by atoms with E-state index in [1.54, 1.807) is 6.92 Å². The van der Waals surface area contributed by atoms with E-state index in [4.69, 9.17) is 14.4 Å². The third-order valence-electron chi connectivity index (χ3n) is 4.63. The fourth-order valence-corrected chi connectivity index (χ4v) is 4.46. The molecule has 1 amide bonds. The minimum atomic E-state index is -4.38. The fourth-order valence-electron chi connectivity index (χ4n) is 2.93. The van der Waals surface area contributed by atoms with Crippen molar-refractivity contribution in [1.82, 2.24) is 0 Å². The molecule has 0 aliphatic carbocycles. The van der Waals surface area contributed by atoms with E-state index in [0.717, 1.165) is 17.1 Å². The van der Waals surface area contributed by atoms with E-state index in [0.29, 0.717) is 5.71 Å². The van der Waals surface area contributed by atoms with Crippen molar-refractivity contribution in [3.8, 4) is 5.75 Å². The molecule has 0 fully saturated rings. The third-order valence-corrected chi connectivity index (χ3v) is 7.19. The van der Waals surface area contributed by atoms with Gasteiger partial charge in [-0.25, -0.2) is 8.42 Å². The van der Waals surface area contributed by atoms with Gasteiger partial charge in [0.1, 0.15) is 11.4 Å². The van der Waals surface area contributed by atoms with Crippen molar-refractivity contribution < 1.29 is 36.0 Å². The Hall–Kier alpha value is -3.20. The van der Waals surface area contributed by atoms with Crippen molar-refractivity contribution in [3.05, 3.63) is 42.5 Å². The van der Waals surface area contributed by atoms with Gasteiger partial charge < -0.3 is 9.84 Å². The van der Waals surface area contributed by atoms with Crippen LogP contribution in [-0.2, 0) is 24.7 Å². The number of aliphatic hydroxyl groups is 1. The van der Waals surface area contributed by atoms with Gasteiger partial charge in [-0.15, -0.1) is 0 Å². The van der Waals surface area contributed by atoms with Crippen molar-refractivity contribution in [1.29, 1.82) is 0 Å². The number of benzene rings is 2. The van der Waals surface area contributed by atoms with Crippen LogP contribution in [0.3, 0.4) is 0 Å². The molecule has 1 heterocycles. The summed E-state index contributed by atoms with van der Waals surface area (Å²) in [6, 6.07) is 7.68. The molecule has 1 aliphatic rings. The zero-order chi connectivity index (χ0) is 24.4. The van der Waals surface area contributed by atoms with Gasteiger partial charge in [0.15, 0.2) is 15.9 Å². The summed E-state index contributed by atoms with van der Waals surface area (Å²) >= 11 is 0. The summed E-state index contributed by atoms with van der Waals surface area (Å²) in [5.41, 5.74) is 0.609. The van der Waals surface area contributed by atoms with Crippen LogP contribution < -0.4 is 9.75 Å². The second kappa shape index (κ2) is 9.35. The first-order chi connectivity index (χ1) is 15.5. The highest BCUT2D eigenvalue weighted by atomic mass is 32.2. The average molecular weight is 497 g/mol. The zero-order valence-corrected chi connectivity index (χ0v) is 19.1. The highest BCUT2D eigenvalue weighted by Crippen LogP contribution is 2.32. The summed E-state index contributed by atoms with van der Waals surface area (Å²) in [6.45, 7) is 1.01. The topological polar surface area (TPSA) is 175 Å². The van der Waals surface area contributed by atoms with Crippen molar-refractivity contribution >= 4 is 42.9 Å². The SMILES string of the molecule is COc1ccc(S(=O)(=O)CCO)cc1N=NC1C(=O)N(c2ccc(S(=O)(=O)O)cc2)N=C1C. The number of sulfone groups is 1. The average Bonchev–Trinajstić information content (AvgIpc) is 3.04. The third kappa shape index (κ3) is 5.24. The number of hydrogen-bond acceptors (Lipinski definition) is 10. The molecule has 0 spiro atoms. The van der Waals surface area contributed by atoms with Crippen LogP contribution in [0, 0.1) is 0 Å².